The Morgan fingerprint density at radius 1 is 0.769 bits per heavy atom. The third-order valence-corrected chi connectivity index (χ3v) is 4.58. The minimum Gasteiger partial charge on any atom is -0.339 e. The first kappa shape index (κ1) is 18.6. The van der Waals surface area contributed by atoms with E-state index in [-0.39, 0.29) is 26.2 Å². The predicted molar refractivity (Wildman–Crippen MR) is 108 cm³/mol. The molecule has 0 fully saturated rings. The fraction of sp³-hybridized carbons (Fsp3) is 0.0833. The van der Waals surface area contributed by atoms with Gasteiger partial charge in [0.25, 0.3) is 0 Å². The maximum atomic E-state index is 2.25. The van der Waals surface area contributed by atoms with Crippen LogP contribution in [0.15, 0.2) is 91.1 Å². The van der Waals surface area contributed by atoms with E-state index in [1.807, 2.05) is 0 Å². The Bertz CT molecular complexity index is 1060. The fourth-order valence-corrected chi connectivity index (χ4v) is 3.36. The minimum absolute atomic E-state index is 0. The first-order valence-electron chi connectivity index (χ1n) is 8.62. The fourth-order valence-electron chi connectivity index (χ4n) is 3.36. The second-order valence-electron chi connectivity index (χ2n) is 6.53. The van der Waals surface area contributed by atoms with Gasteiger partial charge < -0.3 is 4.57 Å². The molecule has 0 spiro atoms. The number of aryl methyl sites for hydroxylation is 2. The number of fused-ring (bicyclic) bond motifs is 2. The second-order valence-corrected chi connectivity index (χ2v) is 6.53. The molecule has 126 valence electrons. The molecule has 0 amide bonds. The summed E-state index contributed by atoms with van der Waals surface area (Å²) < 4.78 is 2.25. The molecule has 26 heavy (non-hydrogen) atoms. The van der Waals surface area contributed by atoms with Gasteiger partial charge in [-0.05, 0) is 31.2 Å². The second kappa shape index (κ2) is 8.02. The minimum atomic E-state index is 0. The molecular formula is C24H21NZr. The number of rotatable bonds is 1. The summed E-state index contributed by atoms with van der Waals surface area (Å²) in [5.41, 5.74) is 3.85. The number of nitrogens with zero attached hydrogens (tertiary/aromatic N) is 1. The molecule has 4 aromatic carbocycles. The average Bonchev–Trinajstić information content (AvgIpc) is 3.32. The molecule has 0 N–H and O–H groups in total. The molecule has 0 aliphatic carbocycles. The summed E-state index contributed by atoms with van der Waals surface area (Å²) in [6.45, 7) is 4.27. The van der Waals surface area contributed by atoms with Crippen molar-refractivity contribution in [2.45, 2.75) is 13.8 Å². The van der Waals surface area contributed by atoms with Gasteiger partial charge in [0.05, 0.1) is 0 Å². The van der Waals surface area contributed by atoms with Gasteiger partial charge in [0, 0.05) is 11.9 Å². The number of hydrogen-bond acceptors (Lipinski definition) is 0. The van der Waals surface area contributed by atoms with E-state index < -0.39 is 0 Å². The third kappa shape index (κ3) is 3.81. The quantitative estimate of drug-likeness (QED) is 0.275. The van der Waals surface area contributed by atoms with E-state index in [9.17, 15) is 0 Å². The van der Waals surface area contributed by atoms with Crippen LogP contribution in [0.1, 0.15) is 11.3 Å². The topological polar surface area (TPSA) is 4.93 Å². The standard InChI is InChI=1S/C15H14N.C9H7.Zr/c1-11-7-12(2)16(10-11)15-8-13-5-3-4-6-14(13)9-15;1-2-5-9-7-3-6-8(9)4-1;/h3-10H,1-2H3;1-7H;/q2*-1;+2. The molecule has 0 saturated carbocycles. The molecule has 0 bridgehead atoms. The van der Waals surface area contributed by atoms with Gasteiger partial charge >= 0.3 is 26.2 Å². The van der Waals surface area contributed by atoms with E-state index >= 15 is 0 Å². The van der Waals surface area contributed by atoms with Crippen LogP contribution in [0.4, 0.5) is 0 Å². The Labute approximate surface area is 173 Å². The van der Waals surface area contributed by atoms with E-state index in [1.54, 1.807) is 0 Å². The van der Waals surface area contributed by atoms with Crippen LogP contribution in [0.3, 0.4) is 0 Å². The van der Waals surface area contributed by atoms with Gasteiger partial charge in [0.2, 0.25) is 0 Å². The molecule has 0 aliphatic heterocycles. The molecule has 0 atom stereocenters. The maximum absolute atomic E-state index is 2.25. The van der Waals surface area contributed by atoms with Gasteiger partial charge in [-0.15, -0.1) is 70.8 Å². The summed E-state index contributed by atoms with van der Waals surface area (Å²) in [6.07, 6.45) is 2.18. The summed E-state index contributed by atoms with van der Waals surface area (Å²) in [5.74, 6) is 0. The van der Waals surface area contributed by atoms with Gasteiger partial charge in [-0.1, -0.05) is 12.1 Å². The van der Waals surface area contributed by atoms with Crippen LogP contribution in [0.5, 0.6) is 0 Å². The van der Waals surface area contributed by atoms with Crippen molar-refractivity contribution in [2.24, 2.45) is 0 Å². The zero-order chi connectivity index (χ0) is 17.2. The summed E-state index contributed by atoms with van der Waals surface area (Å²) in [4.78, 5) is 0. The van der Waals surface area contributed by atoms with Crippen LogP contribution in [0, 0.1) is 13.8 Å². The number of benzene rings is 2. The van der Waals surface area contributed by atoms with Crippen LogP contribution in [0.25, 0.3) is 27.2 Å². The van der Waals surface area contributed by atoms with Crippen molar-refractivity contribution in [1.82, 2.24) is 4.57 Å². The first-order chi connectivity index (χ1) is 12.2. The van der Waals surface area contributed by atoms with Crippen LogP contribution in [-0.2, 0) is 26.2 Å². The summed E-state index contributed by atoms with van der Waals surface area (Å²) in [7, 11) is 0. The van der Waals surface area contributed by atoms with Crippen molar-refractivity contribution in [3.8, 4) is 5.69 Å². The van der Waals surface area contributed by atoms with E-state index in [2.05, 4.69) is 110 Å². The zero-order valence-electron chi connectivity index (χ0n) is 15.1. The Kier molecular flexibility index (Phi) is 5.74. The summed E-state index contributed by atoms with van der Waals surface area (Å²) in [5, 5.41) is 5.28. The Hall–Kier alpha value is -2.18. The molecule has 0 unspecified atom stereocenters. The zero-order valence-corrected chi connectivity index (χ0v) is 17.6. The molecular weight excluding hydrogens is 393 g/mol. The van der Waals surface area contributed by atoms with Gasteiger partial charge in [0.15, 0.2) is 0 Å². The molecule has 1 aromatic heterocycles. The van der Waals surface area contributed by atoms with Crippen LogP contribution >= 0.6 is 0 Å². The maximum Gasteiger partial charge on any atom is 2.00 e. The number of aromatic nitrogens is 1. The molecule has 1 heterocycles. The summed E-state index contributed by atoms with van der Waals surface area (Å²) >= 11 is 0. The Balaban J connectivity index is 0.000000167. The van der Waals surface area contributed by atoms with Crippen LogP contribution in [-0.4, -0.2) is 4.57 Å². The Morgan fingerprint density at radius 2 is 1.46 bits per heavy atom. The smallest absolute Gasteiger partial charge is 0.339 e. The molecule has 5 rings (SSSR count). The van der Waals surface area contributed by atoms with E-state index in [0.717, 1.165) is 0 Å². The SMILES string of the molecule is Cc1cc(C)n(-c2cc3ccccc3[cH-]2)c1.[Zr+2].c1ccc2[cH-]ccc2c1. The largest absolute Gasteiger partial charge is 2.00 e. The van der Waals surface area contributed by atoms with Crippen LogP contribution in [0.2, 0.25) is 0 Å². The van der Waals surface area contributed by atoms with E-state index in [4.69, 9.17) is 0 Å². The van der Waals surface area contributed by atoms with Crippen molar-refractivity contribution >= 4 is 21.5 Å². The molecule has 5 aromatic rings. The van der Waals surface area contributed by atoms with Crippen molar-refractivity contribution < 1.29 is 26.2 Å². The van der Waals surface area contributed by atoms with Crippen molar-refractivity contribution in [2.75, 3.05) is 0 Å². The summed E-state index contributed by atoms with van der Waals surface area (Å²) in [6, 6.07) is 29.8. The van der Waals surface area contributed by atoms with Gasteiger partial charge in [0.1, 0.15) is 0 Å². The predicted octanol–water partition coefficient (Wildman–Crippen LogP) is 6.52. The molecule has 0 aliphatic rings. The normalized spacial score (nSPS) is 10.4. The first-order valence-corrected chi connectivity index (χ1v) is 8.62. The van der Waals surface area contributed by atoms with Gasteiger partial charge in [-0.2, -0.15) is 17.5 Å². The Morgan fingerprint density at radius 3 is 2.12 bits per heavy atom. The molecule has 1 nitrogen and oxygen atoms in total. The van der Waals surface area contributed by atoms with Crippen molar-refractivity contribution in [1.29, 1.82) is 0 Å². The monoisotopic (exact) mass is 413 g/mol. The van der Waals surface area contributed by atoms with E-state index in [0.29, 0.717) is 0 Å². The molecule has 0 saturated heterocycles. The van der Waals surface area contributed by atoms with Gasteiger partial charge in [-0.25, -0.2) is 0 Å². The van der Waals surface area contributed by atoms with Crippen molar-refractivity contribution in [3.05, 3.63) is 102 Å². The van der Waals surface area contributed by atoms with Crippen molar-refractivity contribution in [3.63, 3.8) is 0 Å². The molecule has 0 radical (unpaired) electrons. The molecule has 2 heteroatoms. The van der Waals surface area contributed by atoms with E-state index in [1.165, 1.54) is 38.5 Å². The number of hydrogen-bond donors (Lipinski definition) is 0. The van der Waals surface area contributed by atoms with Gasteiger partial charge in [-0.3, -0.25) is 0 Å². The average molecular weight is 415 g/mol. The third-order valence-electron chi connectivity index (χ3n) is 4.58. The van der Waals surface area contributed by atoms with Crippen LogP contribution < -0.4 is 0 Å².